The van der Waals surface area contributed by atoms with Gasteiger partial charge in [-0.3, -0.25) is 14.4 Å². The van der Waals surface area contributed by atoms with Gasteiger partial charge in [0.25, 0.3) is 5.91 Å². The minimum atomic E-state index is -1.15. The number of carboxylic acids is 1. The van der Waals surface area contributed by atoms with Crippen LogP contribution in [0.4, 0.5) is 5.69 Å². The molecule has 0 spiro atoms. The van der Waals surface area contributed by atoms with Crippen LogP contribution in [0.25, 0.3) is 0 Å². The Morgan fingerprint density at radius 3 is 2.57 bits per heavy atom. The maximum Gasteiger partial charge on any atom is 0.309 e. The molecule has 0 aliphatic carbocycles. The summed E-state index contributed by atoms with van der Waals surface area (Å²) < 4.78 is 5.11. The molecule has 7 heteroatoms. The van der Waals surface area contributed by atoms with Gasteiger partial charge in [0.1, 0.15) is 5.75 Å². The smallest absolute Gasteiger partial charge is 0.309 e. The molecule has 0 aromatic heterocycles. The molecule has 2 amide bonds. The zero-order valence-electron chi connectivity index (χ0n) is 11.9. The van der Waals surface area contributed by atoms with Gasteiger partial charge in [0, 0.05) is 18.2 Å². The van der Waals surface area contributed by atoms with Gasteiger partial charge in [-0.15, -0.1) is 0 Å². The molecule has 7 nitrogen and oxygen atoms in total. The molecule has 0 aliphatic heterocycles. The first-order valence-corrected chi connectivity index (χ1v) is 6.25. The van der Waals surface area contributed by atoms with Crippen molar-refractivity contribution in [2.75, 3.05) is 11.9 Å². The van der Waals surface area contributed by atoms with E-state index in [1.807, 2.05) is 0 Å². The highest BCUT2D eigenvalue weighted by atomic mass is 16.5. The predicted octanol–water partition coefficient (Wildman–Crippen LogP) is 0.990. The monoisotopic (exact) mass is 294 g/mol. The zero-order valence-corrected chi connectivity index (χ0v) is 11.9. The average Bonchev–Trinajstić information content (AvgIpc) is 2.35. The maximum absolute atomic E-state index is 11.8. The number of anilines is 1. The number of carbonyl (C=O) groups excluding carboxylic acids is 2. The number of rotatable bonds is 7. The summed E-state index contributed by atoms with van der Waals surface area (Å²) >= 11 is 0. The molecule has 0 fully saturated rings. The Balaban J connectivity index is 2.66. The standard InChI is InChI=1S/C14H18N2O5/c1-14(2,13(19)20)7-12(18)16-9-4-3-5-10(6-9)21-8-11(15)17/h3-6H,7-8H2,1-2H3,(H2,15,17)(H,16,18)(H,19,20). The number of nitrogens with two attached hydrogens (primary N) is 1. The molecule has 0 saturated carbocycles. The zero-order chi connectivity index (χ0) is 16.0. The summed E-state index contributed by atoms with van der Waals surface area (Å²) in [5.41, 5.74) is 4.27. The largest absolute Gasteiger partial charge is 0.484 e. The topological polar surface area (TPSA) is 119 Å². The number of aliphatic carboxylic acids is 1. The average molecular weight is 294 g/mol. The molecule has 1 aromatic rings. The van der Waals surface area contributed by atoms with Gasteiger partial charge >= 0.3 is 5.97 Å². The first kappa shape index (κ1) is 16.5. The van der Waals surface area contributed by atoms with Crippen LogP contribution in [-0.2, 0) is 14.4 Å². The SMILES string of the molecule is CC(C)(CC(=O)Nc1cccc(OCC(N)=O)c1)C(=O)O. The van der Waals surface area contributed by atoms with E-state index in [0.717, 1.165) is 0 Å². The molecular formula is C14H18N2O5. The molecular weight excluding hydrogens is 276 g/mol. The molecule has 0 unspecified atom stereocenters. The molecule has 1 rings (SSSR count). The highest BCUT2D eigenvalue weighted by Crippen LogP contribution is 2.22. The Bertz CT molecular complexity index is 554. The van der Waals surface area contributed by atoms with Crippen molar-refractivity contribution in [2.24, 2.45) is 11.1 Å². The Kier molecular flexibility index (Phi) is 5.29. The quantitative estimate of drug-likeness (QED) is 0.693. The third-order valence-corrected chi connectivity index (χ3v) is 2.68. The normalized spacial score (nSPS) is 10.8. The molecule has 0 aliphatic rings. The first-order valence-electron chi connectivity index (χ1n) is 6.25. The number of carbonyl (C=O) groups is 3. The van der Waals surface area contributed by atoms with Crippen molar-refractivity contribution in [1.29, 1.82) is 0 Å². The van der Waals surface area contributed by atoms with Crippen LogP contribution in [0.5, 0.6) is 5.75 Å². The molecule has 21 heavy (non-hydrogen) atoms. The fourth-order valence-electron chi connectivity index (χ4n) is 1.50. The van der Waals surface area contributed by atoms with Crippen LogP contribution in [0, 0.1) is 5.41 Å². The number of ether oxygens (including phenoxy) is 1. The van der Waals surface area contributed by atoms with Gasteiger partial charge in [-0.2, -0.15) is 0 Å². The Morgan fingerprint density at radius 1 is 1.33 bits per heavy atom. The minimum absolute atomic E-state index is 0.158. The molecule has 0 heterocycles. The van der Waals surface area contributed by atoms with Gasteiger partial charge in [0.2, 0.25) is 5.91 Å². The van der Waals surface area contributed by atoms with Crippen molar-refractivity contribution in [3.8, 4) is 5.75 Å². The number of nitrogens with one attached hydrogen (secondary N) is 1. The van der Waals surface area contributed by atoms with E-state index in [0.29, 0.717) is 11.4 Å². The lowest BCUT2D eigenvalue weighted by Gasteiger charge is -2.18. The molecule has 0 atom stereocenters. The molecule has 0 bridgehead atoms. The Hall–Kier alpha value is -2.57. The van der Waals surface area contributed by atoms with E-state index < -0.39 is 23.2 Å². The van der Waals surface area contributed by atoms with Crippen molar-refractivity contribution in [3.63, 3.8) is 0 Å². The predicted molar refractivity (Wildman–Crippen MR) is 75.8 cm³/mol. The van der Waals surface area contributed by atoms with E-state index >= 15 is 0 Å². The Labute approximate surface area is 122 Å². The second-order valence-electron chi connectivity index (χ2n) is 5.20. The fraction of sp³-hybridized carbons (Fsp3) is 0.357. The van der Waals surface area contributed by atoms with Crippen LogP contribution in [0.3, 0.4) is 0 Å². The number of hydrogen-bond acceptors (Lipinski definition) is 4. The van der Waals surface area contributed by atoms with Gasteiger partial charge in [-0.05, 0) is 26.0 Å². The van der Waals surface area contributed by atoms with Crippen LogP contribution in [0.15, 0.2) is 24.3 Å². The lowest BCUT2D eigenvalue weighted by Crippen LogP contribution is -2.29. The molecule has 0 saturated heterocycles. The van der Waals surface area contributed by atoms with E-state index in [4.69, 9.17) is 15.6 Å². The second-order valence-corrected chi connectivity index (χ2v) is 5.20. The van der Waals surface area contributed by atoms with E-state index in [-0.39, 0.29) is 13.0 Å². The van der Waals surface area contributed by atoms with E-state index in [1.165, 1.54) is 19.9 Å². The van der Waals surface area contributed by atoms with Crippen LogP contribution >= 0.6 is 0 Å². The summed E-state index contributed by atoms with van der Waals surface area (Å²) in [6.07, 6.45) is -0.158. The van der Waals surface area contributed by atoms with Crippen molar-refractivity contribution in [3.05, 3.63) is 24.3 Å². The lowest BCUT2D eigenvalue weighted by atomic mass is 9.89. The van der Waals surface area contributed by atoms with Crippen molar-refractivity contribution >= 4 is 23.5 Å². The molecule has 1 aromatic carbocycles. The fourth-order valence-corrected chi connectivity index (χ4v) is 1.50. The highest BCUT2D eigenvalue weighted by molar-refractivity contribution is 5.94. The third-order valence-electron chi connectivity index (χ3n) is 2.68. The van der Waals surface area contributed by atoms with Crippen LogP contribution in [0.1, 0.15) is 20.3 Å². The summed E-state index contributed by atoms with van der Waals surface area (Å²) in [5, 5.41) is 11.6. The molecule has 114 valence electrons. The van der Waals surface area contributed by atoms with Crippen molar-refractivity contribution in [2.45, 2.75) is 20.3 Å². The number of carboxylic acid groups (broad SMARTS) is 1. The summed E-state index contributed by atoms with van der Waals surface area (Å²) in [5.74, 6) is -1.69. The maximum atomic E-state index is 11.8. The minimum Gasteiger partial charge on any atom is -0.484 e. The van der Waals surface area contributed by atoms with E-state index in [9.17, 15) is 14.4 Å². The van der Waals surface area contributed by atoms with Gasteiger partial charge in [-0.1, -0.05) is 6.07 Å². The summed E-state index contributed by atoms with van der Waals surface area (Å²) in [7, 11) is 0. The number of amides is 2. The van der Waals surface area contributed by atoms with Crippen LogP contribution in [-0.4, -0.2) is 29.5 Å². The highest BCUT2D eigenvalue weighted by Gasteiger charge is 2.30. The van der Waals surface area contributed by atoms with E-state index in [2.05, 4.69) is 5.32 Å². The van der Waals surface area contributed by atoms with Gasteiger partial charge in [0.05, 0.1) is 5.41 Å². The van der Waals surface area contributed by atoms with Crippen LogP contribution < -0.4 is 15.8 Å². The van der Waals surface area contributed by atoms with Crippen molar-refractivity contribution < 1.29 is 24.2 Å². The van der Waals surface area contributed by atoms with Crippen LogP contribution in [0.2, 0.25) is 0 Å². The van der Waals surface area contributed by atoms with E-state index in [1.54, 1.807) is 18.2 Å². The third kappa shape index (κ3) is 5.52. The van der Waals surface area contributed by atoms with Gasteiger partial charge in [-0.25, -0.2) is 0 Å². The van der Waals surface area contributed by atoms with Crippen molar-refractivity contribution in [1.82, 2.24) is 0 Å². The second kappa shape index (κ2) is 6.74. The first-order chi connectivity index (χ1) is 9.70. The number of benzene rings is 1. The van der Waals surface area contributed by atoms with Gasteiger partial charge < -0.3 is 20.9 Å². The number of hydrogen-bond donors (Lipinski definition) is 3. The van der Waals surface area contributed by atoms with Gasteiger partial charge in [0.15, 0.2) is 6.61 Å². The summed E-state index contributed by atoms with van der Waals surface area (Å²) in [6.45, 7) is 2.69. The molecule has 0 radical (unpaired) electrons. The number of primary amides is 1. The lowest BCUT2D eigenvalue weighted by molar-refractivity contribution is -0.149. The molecule has 4 N–H and O–H groups in total. The summed E-state index contributed by atoms with van der Waals surface area (Å²) in [6, 6.07) is 6.39. The Morgan fingerprint density at radius 2 is 2.00 bits per heavy atom. The summed E-state index contributed by atoms with van der Waals surface area (Å²) in [4.78, 5) is 33.4.